The highest BCUT2D eigenvalue weighted by Crippen LogP contribution is 2.32. The standard InChI is InChI=1S/C12H19N5OS/c1-6-8-13-11(16-15-8)19-7(2)9-14-10(17-18-9)12(3,4)5/h7H,6H2,1-5H3,(H,13,15,16). The van der Waals surface area contributed by atoms with Crippen molar-refractivity contribution in [3.8, 4) is 0 Å². The first-order valence-electron chi connectivity index (χ1n) is 6.32. The van der Waals surface area contributed by atoms with Crippen LogP contribution in [0.5, 0.6) is 0 Å². The normalized spacial score (nSPS) is 13.7. The van der Waals surface area contributed by atoms with Crippen molar-refractivity contribution >= 4 is 11.8 Å². The molecule has 104 valence electrons. The topological polar surface area (TPSA) is 80.5 Å². The third-order valence-electron chi connectivity index (χ3n) is 2.59. The van der Waals surface area contributed by atoms with E-state index in [4.69, 9.17) is 4.52 Å². The minimum Gasteiger partial charge on any atom is -0.338 e. The summed E-state index contributed by atoms with van der Waals surface area (Å²) in [6.07, 6.45) is 0.844. The highest BCUT2D eigenvalue weighted by atomic mass is 32.2. The van der Waals surface area contributed by atoms with Gasteiger partial charge in [0.2, 0.25) is 11.0 Å². The Bertz CT molecular complexity index is 542. The fourth-order valence-corrected chi connectivity index (χ4v) is 2.18. The van der Waals surface area contributed by atoms with Crippen LogP contribution < -0.4 is 0 Å². The van der Waals surface area contributed by atoms with Gasteiger partial charge in [-0.05, 0) is 6.92 Å². The van der Waals surface area contributed by atoms with Gasteiger partial charge in [0.15, 0.2) is 5.82 Å². The van der Waals surface area contributed by atoms with Crippen LogP contribution in [0, 0.1) is 0 Å². The highest BCUT2D eigenvalue weighted by Gasteiger charge is 2.24. The van der Waals surface area contributed by atoms with E-state index in [1.165, 1.54) is 11.8 Å². The van der Waals surface area contributed by atoms with Crippen molar-refractivity contribution in [3.63, 3.8) is 0 Å². The van der Waals surface area contributed by atoms with Crippen LogP contribution in [-0.2, 0) is 11.8 Å². The summed E-state index contributed by atoms with van der Waals surface area (Å²) >= 11 is 1.51. The molecule has 0 saturated heterocycles. The first kappa shape index (κ1) is 14.0. The summed E-state index contributed by atoms with van der Waals surface area (Å²) in [5.41, 5.74) is -0.105. The number of nitrogens with one attached hydrogen (secondary N) is 1. The Morgan fingerprint density at radius 3 is 2.58 bits per heavy atom. The second kappa shape index (κ2) is 5.32. The molecule has 7 heteroatoms. The Labute approximate surface area is 116 Å². The quantitative estimate of drug-likeness (QED) is 0.868. The predicted octanol–water partition coefficient (Wildman–Crippen LogP) is 2.90. The summed E-state index contributed by atoms with van der Waals surface area (Å²) in [5.74, 6) is 2.22. The molecule has 19 heavy (non-hydrogen) atoms. The summed E-state index contributed by atoms with van der Waals surface area (Å²) in [6.45, 7) is 10.2. The zero-order chi connectivity index (χ0) is 14.0. The summed E-state index contributed by atoms with van der Waals surface area (Å²) in [5, 5.41) is 11.8. The van der Waals surface area contributed by atoms with Crippen molar-refractivity contribution < 1.29 is 4.52 Å². The smallest absolute Gasteiger partial charge is 0.239 e. The fourth-order valence-electron chi connectivity index (χ4n) is 1.40. The first-order chi connectivity index (χ1) is 8.90. The van der Waals surface area contributed by atoms with Gasteiger partial charge in [-0.25, -0.2) is 4.98 Å². The van der Waals surface area contributed by atoms with E-state index >= 15 is 0 Å². The lowest BCUT2D eigenvalue weighted by Gasteiger charge is -2.11. The molecular formula is C12H19N5OS. The summed E-state index contributed by atoms with van der Waals surface area (Å²) in [6, 6.07) is 0. The summed E-state index contributed by atoms with van der Waals surface area (Å²) < 4.78 is 5.31. The fraction of sp³-hybridized carbons (Fsp3) is 0.667. The average molecular weight is 281 g/mol. The predicted molar refractivity (Wildman–Crippen MR) is 73.0 cm³/mol. The molecule has 0 aromatic carbocycles. The molecule has 2 rings (SSSR count). The van der Waals surface area contributed by atoms with Crippen molar-refractivity contribution in [1.82, 2.24) is 25.3 Å². The van der Waals surface area contributed by atoms with Gasteiger partial charge < -0.3 is 4.52 Å². The number of rotatable bonds is 4. The van der Waals surface area contributed by atoms with E-state index in [9.17, 15) is 0 Å². The lowest BCUT2D eigenvalue weighted by atomic mass is 9.96. The number of thioether (sulfide) groups is 1. The molecule has 0 spiro atoms. The van der Waals surface area contributed by atoms with E-state index < -0.39 is 0 Å². The second-order valence-corrected chi connectivity index (χ2v) is 6.69. The van der Waals surface area contributed by atoms with Gasteiger partial charge in [0, 0.05) is 11.8 Å². The van der Waals surface area contributed by atoms with Crippen LogP contribution in [0.1, 0.15) is 57.4 Å². The third kappa shape index (κ3) is 3.34. The maximum Gasteiger partial charge on any atom is 0.239 e. The molecule has 0 fully saturated rings. The van der Waals surface area contributed by atoms with E-state index in [2.05, 4.69) is 46.1 Å². The molecule has 0 bridgehead atoms. The van der Waals surface area contributed by atoms with Crippen LogP contribution in [0.3, 0.4) is 0 Å². The van der Waals surface area contributed by atoms with E-state index in [1.807, 2.05) is 13.8 Å². The zero-order valence-corrected chi connectivity index (χ0v) is 12.7. The van der Waals surface area contributed by atoms with Gasteiger partial charge in [0.1, 0.15) is 5.82 Å². The number of aryl methyl sites for hydroxylation is 1. The number of hydrogen-bond acceptors (Lipinski definition) is 6. The molecular weight excluding hydrogens is 262 g/mol. The Balaban J connectivity index is 2.07. The van der Waals surface area contributed by atoms with Gasteiger partial charge in [-0.15, -0.1) is 5.10 Å². The minimum absolute atomic E-state index is 0.0316. The number of H-pyrrole nitrogens is 1. The minimum atomic E-state index is -0.105. The van der Waals surface area contributed by atoms with Crippen molar-refractivity contribution in [1.29, 1.82) is 0 Å². The summed E-state index contributed by atoms with van der Waals surface area (Å²) in [7, 11) is 0. The van der Waals surface area contributed by atoms with Gasteiger partial charge in [0.25, 0.3) is 0 Å². The number of nitrogens with zero attached hydrogens (tertiary/aromatic N) is 4. The third-order valence-corrected chi connectivity index (χ3v) is 3.54. The van der Waals surface area contributed by atoms with Crippen molar-refractivity contribution in [2.45, 2.75) is 56.9 Å². The number of aromatic nitrogens is 5. The van der Waals surface area contributed by atoms with Crippen molar-refractivity contribution in [3.05, 3.63) is 17.5 Å². The molecule has 6 nitrogen and oxygen atoms in total. The van der Waals surface area contributed by atoms with Crippen LogP contribution in [0.25, 0.3) is 0 Å². The molecule has 2 aromatic rings. The van der Waals surface area contributed by atoms with Crippen LogP contribution in [0.15, 0.2) is 9.68 Å². The Kier molecular flexibility index (Phi) is 3.93. The molecule has 2 heterocycles. The molecule has 0 saturated carbocycles. The Hall–Kier alpha value is -1.37. The van der Waals surface area contributed by atoms with Crippen LogP contribution in [0.4, 0.5) is 0 Å². The maximum absolute atomic E-state index is 5.31. The molecule has 0 amide bonds. The monoisotopic (exact) mass is 281 g/mol. The van der Waals surface area contributed by atoms with Crippen molar-refractivity contribution in [2.24, 2.45) is 0 Å². The average Bonchev–Trinajstić information content (AvgIpc) is 2.96. The number of hydrogen-bond donors (Lipinski definition) is 1. The molecule has 0 aliphatic rings. The SMILES string of the molecule is CCc1nc(SC(C)c2nc(C(C)(C)C)no2)n[nH]1. The Morgan fingerprint density at radius 2 is 2.05 bits per heavy atom. The lowest BCUT2D eigenvalue weighted by molar-refractivity contribution is 0.364. The maximum atomic E-state index is 5.31. The van der Waals surface area contributed by atoms with Gasteiger partial charge in [-0.3, -0.25) is 5.10 Å². The van der Waals surface area contributed by atoms with E-state index in [-0.39, 0.29) is 10.7 Å². The Morgan fingerprint density at radius 1 is 1.32 bits per heavy atom. The second-order valence-electron chi connectivity index (χ2n) is 5.38. The van der Waals surface area contributed by atoms with E-state index in [1.54, 1.807) is 0 Å². The van der Waals surface area contributed by atoms with Gasteiger partial charge in [0.05, 0.1) is 5.25 Å². The van der Waals surface area contributed by atoms with E-state index in [0.717, 1.165) is 18.1 Å². The molecule has 0 aliphatic heterocycles. The highest BCUT2D eigenvalue weighted by molar-refractivity contribution is 7.99. The van der Waals surface area contributed by atoms with Crippen LogP contribution in [-0.4, -0.2) is 25.3 Å². The molecule has 1 atom stereocenters. The molecule has 0 radical (unpaired) electrons. The summed E-state index contributed by atoms with van der Waals surface area (Å²) in [4.78, 5) is 8.80. The molecule has 1 N–H and O–H groups in total. The molecule has 2 aromatic heterocycles. The van der Waals surface area contributed by atoms with E-state index in [0.29, 0.717) is 11.0 Å². The number of aromatic amines is 1. The van der Waals surface area contributed by atoms with Gasteiger partial charge in [-0.2, -0.15) is 4.98 Å². The molecule has 0 aliphatic carbocycles. The largest absolute Gasteiger partial charge is 0.338 e. The van der Waals surface area contributed by atoms with Crippen LogP contribution >= 0.6 is 11.8 Å². The van der Waals surface area contributed by atoms with Crippen LogP contribution in [0.2, 0.25) is 0 Å². The van der Waals surface area contributed by atoms with Crippen molar-refractivity contribution in [2.75, 3.05) is 0 Å². The van der Waals surface area contributed by atoms with Gasteiger partial charge in [-0.1, -0.05) is 44.6 Å². The molecule has 1 unspecified atom stereocenters. The lowest BCUT2D eigenvalue weighted by Crippen LogP contribution is -2.13. The first-order valence-corrected chi connectivity index (χ1v) is 7.20. The zero-order valence-electron chi connectivity index (χ0n) is 11.9. The van der Waals surface area contributed by atoms with Gasteiger partial charge >= 0.3 is 0 Å².